The van der Waals surface area contributed by atoms with Crippen molar-refractivity contribution in [3.63, 3.8) is 0 Å². The van der Waals surface area contributed by atoms with Gasteiger partial charge in [-0.15, -0.1) is 0 Å². The van der Waals surface area contributed by atoms with Gasteiger partial charge in [-0.1, -0.05) is 30.3 Å². The molecule has 0 aliphatic carbocycles. The van der Waals surface area contributed by atoms with Crippen LogP contribution in [0.5, 0.6) is 5.75 Å². The van der Waals surface area contributed by atoms with Crippen molar-refractivity contribution in [1.82, 2.24) is 0 Å². The molecule has 162 valence electrons. The van der Waals surface area contributed by atoms with E-state index in [1.54, 1.807) is 7.11 Å². The second kappa shape index (κ2) is 10.1. The number of amides is 1. The normalized spacial score (nSPS) is 11.0. The smallest absolute Gasteiger partial charge is 0.238 e. The molecule has 0 unspecified atom stereocenters. The number of nitrogens with one attached hydrogen (secondary N) is 1. The highest BCUT2D eigenvalue weighted by atomic mass is 32.2. The average Bonchev–Trinajstić information content (AvgIpc) is 2.77. The van der Waals surface area contributed by atoms with Crippen molar-refractivity contribution < 1.29 is 17.9 Å². The standard InChI is InChI=1S/C23H25N3O4S/c1-30-21-11-9-20(10-12-21)26(17-18-5-3-2-4-6-18)16-15-23(27)25-19-7-13-22(14-8-19)31(24,28)29/h2-14H,15-17H2,1H3,(H,25,27)(H2,24,28,29). The van der Waals surface area contributed by atoms with Crippen LogP contribution in [0.15, 0.2) is 83.8 Å². The Morgan fingerprint density at radius 2 is 1.61 bits per heavy atom. The Labute approximate surface area is 182 Å². The lowest BCUT2D eigenvalue weighted by molar-refractivity contribution is -0.116. The van der Waals surface area contributed by atoms with E-state index < -0.39 is 10.0 Å². The lowest BCUT2D eigenvalue weighted by Crippen LogP contribution is -2.27. The number of carbonyl (C=O) groups excluding carboxylic acids is 1. The van der Waals surface area contributed by atoms with Crippen LogP contribution in [-0.2, 0) is 21.4 Å². The Hall–Kier alpha value is -3.36. The molecule has 0 aromatic heterocycles. The van der Waals surface area contributed by atoms with Gasteiger partial charge in [0.1, 0.15) is 5.75 Å². The Kier molecular flexibility index (Phi) is 7.28. The van der Waals surface area contributed by atoms with E-state index in [0.29, 0.717) is 18.8 Å². The summed E-state index contributed by atoms with van der Waals surface area (Å²) in [7, 11) is -2.14. The highest BCUT2D eigenvalue weighted by molar-refractivity contribution is 7.89. The molecule has 1 amide bonds. The van der Waals surface area contributed by atoms with Crippen molar-refractivity contribution in [2.45, 2.75) is 17.9 Å². The van der Waals surface area contributed by atoms with Crippen LogP contribution in [0.1, 0.15) is 12.0 Å². The summed E-state index contributed by atoms with van der Waals surface area (Å²) in [6, 6.07) is 23.5. The van der Waals surface area contributed by atoms with E-state index in [9.17, 15) is 13.2 Å². The van der Waals surface area contributed by atoms with E-state index in [0.717, 1.165) is 17.0 Å². The topological polar surface area (TPSA) is 102 Å². The number of methoxy groups -OCH3 is 1. The van der Waals surface area contributed by atoms with E-state index >= 15 is 0 Å². The maximum Gasteiger partial charge on any atom is 0.238 e. The molecule has 0 saturated carbocycles. The molecule has 3 aromatic carbocycles. The Morgan fingerprint density at radius 1 is 0.968 bits per heavy atom. The molecule has 0 heterocycles. The van der Waals surface area contributed by atoms with Crippen molar-refractivity contribution in [3.8, 4) is 5.75 Å². The molecular formula is C23H25N3O4S. The molecule has 0 spiro atoms. The fraction of sp³-hybridized carbons (Fsp3) is 0.174. The number of nitrogens with zero attached hydrogens (tertiary/aromatic N) is 1. The molecule has 0 fully saturated rings. The van der Waals surface area contributed by atoms with Crippen molar-refractivity contribution in [2.75, 3.05) is 23.9 Å². The van der Waals surface area contributed by atoms with Gasteiger partial charge in [-0.25, -0.2) is 13.6 Å². The minimum Gasteiger partial charge on any atom is -0.497 e. The minimum atomic E-state index is -3.76. The predicted octanol–water partition coefficient (Wildman–Crippen LogP) is 3.38. The van der Waals surface area contributed by atoms with E-state index in [1.807, 2.05) is 54.6 Å². The van der Waals surface area contributed by atoms with Crippen LogP contribution < -0.4 is 20.1 Å². The van der Waals surface area contributed by atoms with Gasteiger partial charge >= 0.3 is 0 Å². The van der Waals surface area contributed by atoms with Gasteiger partial charge in [0.2, 0.25) is 15.9 Å². The van der Waals surface area contributed by atoms with Gasteiger partial charge in [-0.2, -0.15) is 0 Å². The maximum absolute atomic E-state index is 12.5. The van der Waals surface area contributed by atoms with E-state index in [2.05, 4.69) is 10.2 Å². The summed E-state index contributed by atoms with van der Waals surface area (Å²) in [6.07, 6.45) is 0.260. The van der Waals surface area contributed by atoms with Crippen LogP contribution in [0.25, 0.3) is 0 Å². The molecule has 0 aliphatic heterocycles. The second-order valence-corrected chi connectivity index (χ2v) is 8.53. The van der Waals surface area contributed by atoms with Crippen LogP contribution in [-0.4, -0.2) is 28.0 Å². The lowest BCUT2D eigenvalue weighted by atomic mass is 10.2. The van der Waals surface area contributed by atoms with Gasteiger partial charge in [0.25, 0.3) is 0 Å². The summed E-state index contributed by atoms with van der Waals surface area (Å²) in [4.78, 5) is 14.6. The number of nitrogens with two attached hydrogens (primary N) is 1. The first-order valence-corrected chi connectivity index (χ1v) is 11.3. The summed E-state index contributed by atoms with van der Waals surface area (Å²) >= 11 is 0. The van der Waals surface area contributed by atoms with Gasteiger partial charge < -0.3 is 15.0 Å². The van der Waals surface area contributed by atoms with Gasteiger partial charge in [-0.3, -0.25) is 4.79 Å². The molecule has 0 bridgehead atoms. The molecule has 7 nitrogen and oxygen atoms in total. The molecule has 0 atom stereocenters. The first kappa shape index (κ1) is 22.3. The summed E-state index contributed by atoms with van der Waals surface area (Å²) in [5.74, 6) is 0.596. The zero-order chi connectivity index (χ0) is 22.3. The molecule has 3 aromatic rings. The summed E-state index contributed by atoms with van der Waals surface area (Å²) in [6.45, 7) is 1.16. The number of primary sulfonamides is 1. The molecule has 3 N–H and O–H groups in total. The third-order valence-electron chi connectivity index (χ3n) is 4.73. The zero-order valence-corrected chi connectivity index (χ0v) is 18.0. The van der Waals surface area contributed by atoms with E-state index in [1.165, 1.54) is 24.3 Å². The molecule has 0 aliphatic rings. The number of benzene rings is 3. The molecular weight excluding hydrogens is 414 g/mol. The van der Waals surface area contributed by atoms with Crippen LogP contribution in [0, 0.1) is 0 Å². The number of carbonyl (C=O) groups is 1. The number of anilines is 2. The van der Waals surface area contributed by atoms with Crippen molar-refractivity contribution in [1.29, 1.82) is 0 Å². The van der Waals surface area contributed by atoms with Crippen LogP contribution >= 0.6 is 0 Å². The fourth-order valence-electron chi connectivity index (χ4n) is 3.08. The largest absolute Gasteiger partial charge is 0.497 e. The SMILES string of the molecule is COc1ccc(N(CCC(=O)Nc2ccc(S(N)(=O)=O)cc2)Cc2ccccc2)cc1. The van der Waals surface area contributed by atoms with E-state index in [4.69, 9.17) is 9.88 Å². The van der Waals surface area contributed by atoms with Gasteiger partial charge in [0.15, 0.2) is 0 Å². The van der Waals surface area contributed by atoms with Crippen LogP contribution in [0.4, 0.5) is 11.4 Å². The predicted molar refractivity (Wildman–Crippen MR) is 122 cm³/mol. The highest BCUT2D eigenvalue weighted by Gasteiger charge is 2.12. The first-order valence-electron chi connectivity index (χ1n) is 9.71. The lowest BCUT2D eigenvalue weighted by Gasteiger charge is -2.25. The fourth-order valence-corrected chi connectivity index (χ4v) is 3.60. The molecule has 8 heteroatoms. The van der Waals surface area contributed by atoms with E-state index in [-0.39, 0.29) is 17.2 Å². The number of hydrogen-bond acceptors (Lipinski definition) is 5. The van der Waals surface area contributed by atoms with Gasteiger partial charge in [0.05, 0.1) is 12.0 Å². The summed E-state index contributed by atoms with van der Waals surface area (Å²) in [5, 5.41) is 7.89. The molecule has 0 radical (unpaired) electrons. The third-order valence-corrected chi connectivity index (χ3v) is 5.66. The van der Waals surface area contributed by atoms with Crippen LogP contribution in [0.3, 0.4) is 0 Å². The molecule has 3 rings (SSSR count). The third kappa shape index (κ3) is 6.56. The Bertz CT molecular complexity index is 1100. The number of rotatable bonds is 9. The summed E-state index contributed by atoms with van der Waals surface area (Å²) < 4.78 is 27.9. The average molecular weight is 440 g/mol. The Morgan fingerprint density at radius 3 is 2.19 bits per heavy atom. The number of sulfonamides is 1. The summed E-state index contributed by atoms with van der Waals surface area (Å²) in [5.41, 5.74) is 2.63. The number of ether oxygens (including phenoxy) is 1. The van der Waals surface area contributed by atoms with Crippen molar-refractivity contribution in [3.05, 3.63) is 84.4 Å². The number of hydrogen-bond donors (Lipinski definition) is 2. The highest BCUT2D eigenvalue weighted by Crippen LogP contribution is 2.22. The van der Waals surface area contributed by atoms with Gasteiger partial charge in [0, 0.05) is 30.9 Å². The Balaban J connectivity index is 1.66. The minimum absolute atomic E-state index is 0.000888. The van der Waals surface area contributed by atoms with Crippen molar-refractivity contribution in [2.24, 2.45) is 5.14 Å². The first-order chi connectivity index (χ1) is 14.8. The molecule has 31 heavy (non-hydrogen) atoms. The monoisotopic (exact) mass is 439 g/mol. The maximum atomic E-state index is 12.5. The van der Waals surface area contributed by atoms with Gasteiger partial charge in [-0.05, 0) is 54.1 Å². The second-order valence-electron chi connectivity index (χ2n) is 6.97. The quantitative estimate of drug-likeness (QED) is 0.532. The van der Waals surface area contributed by atoms with Crippen molar-refractivity contribution >= 4 is 27.3 Å². The zero-order valence-electron chi connectivity index (χ0n) is 17.2. The molecule has 0 saturated heterocycles. The van der Waals surface area contributed by atoms with Crippen LogP contribution in [0.2, 0.25) is 0 Å².